The molecule has 0 radical (unpaired) electrons. The highest BCUT2D eigenvalue weighted by Gasteiger charge is 2.29. The van der Waals surface area contributed by atoms with Crippen LogP contribution in [0, 0.1) is 0 Å². The van der Waals surface area contributed by atoms with E-state index in [1.54, 1.807) is 19.2 Å². The standard InChI is InChI=1S/C9H16F3N3OS/c1-6(2)15(4-3-7(13)17)8(16)14-5-9(10,11)12/h6H,3-5H2,1-2H3,(H2,13,17)(H,14,16). The molecule has 0 fully saturated rings. The number of halogens is 3. The minimum absolute atomic E-state index is 0.205. The van der Waals surface area contributed by atoms with Gasteiger partial charge in [-0.1, -0.05) is 12.2 Å². The Morgan fingerprint density at radius 3 is 2.35 bits per heavy atom. The molecule has 0 spiro atoms. The zero-order valence-electron chi connectivity index (χ0n) is 9.67. The molecule has 0 saturated carbocycles. The molecule has 0 aliphatic rings. The third kappa shape index (κ3) is 7.78. The highest BCUT2D eigenvalue weighted by atomic mass is 32.1. The molecule has 0 aliphatic carbocycles. The van der Waals surface area contributed by atoms with Crippen LogP contribution < -0.4 is 11.1 Å². The number of nitrogens with zero attached hydrogens (tertiary/aromatic N) is 1. The van der Waals surface area contributed by atoms with Gasteiger partial charge in [-0.3, -0.25) is 0 Å². The Hall–Kier alpha value is -1.05. The van der Waals surface area contributed by atoms with Crippen molar-refractivity contribution >= 4 is 23.2 Å². The summed E-state index contributed by atoms with van der Waals surface area (Å²) in [6.07, 6.45) is -4.13. The number of nitrogens with one attached hydrogen (secondary N) is 1. The quantitative estimate of drug-likeness (QED) is 0.747. The molecule has 0 atom stereocenters. The van der Waals surface area contributed by atoms with Gasteiger partial charge in [0.1, 0.15) is 6.54 Å². The fraction of sp³-hybridized carbons (Fsp3) is 0.778. The van der Waals surface area contributed by atoms with Crippen LogP contribution in [0.2, 0.25) is 0 Å². The number of thiocarbonyl (C=S) groups is 1. The molecule has 0 rings (SSSR count). The molecule has 0 bridgehead atoms. The lowest BCUT2D eigenvalue weighted by atomic mass is 10.3. The number of alkyl halides is 3. The Bertz CT molecular complexity index is 281. The predicted molar refractivity (Wildman–Crippen MR) is 62.7 cm³/mol. The van der Waals surface area contributed by atoms with E-state index in [-0.39, 0.29) is 24.0 Å². The van der Waals surface area contributed by atoms with Crippen LogP contribution >= 0.6 is 12.2 Å². The summed E-state index contributed by atoms with van der Waals surface area (Å²) in [6.45, 7) is 2.26. The molecule has 3 N–H and O–H groups in total. The van der Waals surface area contributed by atoms with Crippen LogP contribution in [0.5, 0.6) is 0 Å². The van der Waals surface area contributed by atoms with Crippen molar-refractivity contribution < 1.29 is 18.0 Å². The van der Waals surface area contributed by atoms with Crippen molar-refractivity contribution in [2.75, 3.05) is 13.1 Å². The average Bonchev–Trinajstić information content (AvgIpc) is 2.12. The molecule has 100 valence electrons. The number of carbonyl (C=O) groups is 1. The third-order valence-corrected chi connectivity index (χ3v) is 2.13. The number of nitrogens with two attached hydrogens (primary N) is 1. The molecule has 0 heterocycles. The van der Waals surface area contributed by atoms with Gasteiger partial charge < -0.3 is 16.0 Å². The summed E-state index contributed by atoms with van der Waals surface area (Å²) in [5.74, 6) is 0. The second-order valence-electron chi connectivity index (χ2n) is 3.78. The van der Waals surface area contributed by atoms with Crippen molar-refractivity contribution in [3.63, 3.8) is 0 Å². The molecule has 0 aromatic heterocycles. The van der Waals surface area contributed by atoms with Gasteiger partial charge >= 0.3 is 12.2 Å². The number of carbonyl (C=O) groups excluding carboxylic acids is 1. The molecule has 0 unspecified atom stereocenters. The van der Waals surface area contributed by atoms with Gasteiger partial charge in [0.2, 0.25) is 0 Å². The van der Waals surface area contributed by atoms with Crippen molar-refractivity contribution in [2.45, 2.75) is 32.5 Å². The molecule has 0 aromatic rings. The Morgan fingerprint density at radius 2 is 2.00 bits per heavy atom. The highest BCUT2D eigenvalue weighted by Crippen LogP contribution is 2.12. The highest BCUT2D eigenvalue weighted by molar-refractivity contribution is 7.80. The number of rotatable bonds is 5. The smallest absolute Gasteiger partial charge is 0.393 e. The van der Waals surface area contributed by atoms with E-state index in [4.69, 9.17) is 5.73 Å². The Morgan fingerprint density at radius 1 is 1.47 bits per heavy atom. The molecule has 8 heteroatoms. The van der Waals surface area contributed by atoms with E-state index in [1.807, 2.05) is 0 Å². The van der Waals surface area contributed by atoms with E-state index in [9.17, 15) is 18.0 Å². The maximum atomic E-state index is 11.9. The van der Waals surface area contributed by atoms with Crippen LogP contribution in [0.4, 0.5) is 18.0 Å². The summed E-state index contributed by atoms with van der Waals surface area (Å²) in [5, 5.41) is 1.81. The first-order valence-corrected chi connectivity index (χ1v) is 5.44. The average molecular weight is 271 g/mol. The first kappa shape index (κ1) is 16.0. The van der Waals surface area contributed by atoms with Crippen LogP contribution in [0.1, 0.15) is 20.3 Å². The van der Waals surface area contributed by atoms with Crippen LogP contribution in [-0.2, 0) is 0 Å². The van der Waals surface area contributed by atoms with Crippen molar-refractivity contribution in [2.24, 2.45) is 5.73 Å². The van der Waals surface area contributed by atoms with E-state index in [0.29, 0.717) is 0 Å². The molecule has 4 nitrogen and oxygen atoms in total. The number of hydrogen-bond donors (Lipinski definition) is 2. The van der Waals surface area contributed by atoms with E-state index in [1.165, 1.54) is 4.90 Å². The minimum atomic E-state index is -4.42. The van der Waals surface area contributed by atoms with Crippen molar-refractivity contribution in [3.8, 4) is 0 Å². The molecule has 0 saturated heterocycles. The maximum Gasteiger partial charge on any atom is 0.405 e. The van der Waals surface area contributed by atoms with Crippen molar-refractivity contribution in [3.05, 3.63) is 0 Å². The van der Waals surface area contributed by atoms with Gasteiger partial charge in [-0.05, 0) is 13.8 Å². The van der Waals surface area contributed by atoms with Crippen LogP contribution in [-0.4, -0.2) is 41.2 Å². The van der Waals surface area contributed by atoms with Gasteiger partial charge in [0.15, 0.2) is 0 Å². The Labute approximate surface area is 103 Å². The summed E-state index contributed by atoms with van der Waals surface area (Å²) in [7, 11) is 0. The summed E-state index contributed by atoms with van der Waals surface area (Å²) in [5.41, 5.74) is 5.28. The topological polar surface area (TPSA) is 58.4 Å². The van der Waals surface area contributed by atoms with E-state index >= 15 is 0 Å². The summed E-state index contributed by atoms with van der Waals surface area (Å²) in [6, 6.07) is -0.994. The maximum absolute atomic E-state index is 11.9. The van der Waals surface area contributed by atoms with Gasteiger partial charge in [0.05, 0.1) is 4.99 Å². The first-order chi connectivity index (χ1) is 7.63. The fourth-order valence-corrected chi connectivity index (χ4v) is 1.19. The van der Waals surface area contributed by atoms with Crippen LogP contribution in [0.25, 0.3) is 0 Å². The predicted octanol–water partition coefficient (Wildman–Crippen LogP) is 1.64. The Kier molecular flexibility index (Phi) is 6.22. The normalized spacial score (nSPS) is 11.4. The van der Waals surface area contributed by atoms with Crippen LogP contribution in [0.3, 0.4) is 0 Å². The zero-order chi connectivity index (χ0) is 13.6. The molecule has 2 amide bonds. The summed E-state index contributed by atoms with van der Waals surface area (Å²) < 4.78 is 35.8. The molecular weight excluding hydrogens is 255 g/mol. The van der Waals surface area contributed by atoms with Gasteiger partial charge in [0.25, 0.3) is 0 Å². The minimum Gasteiger partial charge on any atom is -0.393 e. The second-order valence-corrected chi connectivity index (χ2v) is 4.30. The van der Waals surface area contributed by atoms with E-state index in [0.717, 1.165) is 0 Å². The SMILES string of the molecule is CC(C)N(CCC(N)=S)C(=O)NCC(F)(F)F. The van der Waals surface area contributed by atoms with Gasteiger partial charge in [-0.25, -0.2) is 4.79 Å². The lowest BCUT2D eigenvalue weighted by Crippen LogP contribution is -2.47. The van der Waals surface area contributed by atoms with E-state index < -0.39 is 18.8 Å². The number of amides is 2. The van der Waals surface area contributed by atoms with Crippen LogP contribution in [0.15, 0.2) is 0 Å². The van der Waals surface area contributed by atoms with Gasteiger partial charge in [-0.2, -0.15) is 13.2 Å². The van der Waals surface area contributed by atoms with Gasteiger partial charge in [-0.15, -0.1) is 0 Å². The molecule has 0 aromatic carbocycles. The van der Waals surface area contributed by atoms with Gasteiger partial charge in [0, 0.05) is 19.0 Å². The summed E-state index contributed by atoms with van der Waals surface area (Å²) >= 11 is 4.65. The van der Waals surface area contributed by atoms with E-state index in [2.05, 4.69) is 12.2 Å². The third-order valence-electron chi connectivity index (χ3n) is 1.92. The molecule has 0 aliphatic heterocycles. The fourth-order valence-electron chi connectivity index (χ4n) is 1.10. The summed E-state index contributed by atoms with van der Waals surface area (Å²) in [4.78, 5) is 13.0. The number of urea groups is 1. The molecular formula is C9H16F3N3OS. The number of hydrogen-bond acceptors (Lipinski definition) is 2. The van der Waals surface area contributed by atoms with Crippen molar-refractivity contribution in [1.82, 2.24) is 10.2 Å². The second kappa shape index (κ2) is 6.63. The lowest BCUT2D eigenvalue weighted by molar-refractivity contribution is -0.123. The monoisotopic (exact) mass is 271 g/mol. The van der Waals surface area contributed by atoms with Crippen molar-refractivity contribution in [1.29, 1.82) is 0 Å². The largest absolute Gasteiger partial charge is 0.405 e. The molecule has 17 heavy (non-hydrogen) atoms. The first-order valence-electron chi connectivity index (χ1n) is 5.03. The Balaban J connectivity index is 4.30. The lowest BCUT2D eigenvalue weighted by Gasteiger charge is -2.27. The zero-order valence-corrected chi connectivity index (χ0v) is 10.5.